The molecule has 1 heterocycles. The van der Waals surface area contributed by atoms with Crippen molar-refractivity contribution in [3.8, 4) is 0 Å². The first kappa shape index (κ1) is 18.5. The fourth-order valence-corrected chi connectivity index (χ4v) is 3.43. The third kappa shape index (κ3) is 4.85. The van der Waals surface area contributed by atoms with E-state index in [2.05, 4.69) is 51.9 Å². The molecule has 0 aliphatic carbocycles. The number of amides is 1. The fraction of sp³-hybridized carbons (Fsp3) is 0.409. The maximum atomic E-state index is 12.3. The predicted molar refractivity (Wildman–Crippen MR) is 108 cm³/mol. The molecule has 26 heavy (non-hydrogen) atoms. The highest BCUT2D eigenvalue weighted by Gasteiger charge is 2.15. The average Bonchev–Trinajstić information content (AvgIpc) is 2.69. The lowest BCUT2D eigenvalue weighted by Crippen LogP contribution is -2.28. The molecular weight excluding hydrogens is 322 g/mol. The first-order chi connectivity index (χ1) is 12.6. The van der Waals surface area contributed by atoms with Gasteiger partial charge in [0.25, 0.3) is 5.91 Å². The Kier molecular flexibility index (Phi) is 6.29. The van der Waals surface area contributed by atoms with Gasteiger partial charge in [-0.25, -0.2) is 0 Å². The van der Waals surface area contributed by atoms with Crippen LogP contribution in [0.15, 0.2) is 48.5 Å². The Bertz CT molecular complexity index is 701. The molecule has 0 radical (unpaired) electrons. The van der Waals surface area contributed by atoms with Crippen LogP contribution in [0, 0.1) is 0 Å². The molecule has 0 saturated carbocycles. The van der Waals surface area contributed by atoms with E-state index in [1.165, 1.54) is 29.7 Å². The molecule has 1 aliphatic rings. The van der Waals surface area contributed by atoms with E-state index in [1.54, 1.807) is 0 Å². The van der Waals surface area contributed by atoms with Crippen molar-refractivity contribution in [1.82, 2.24) is 10.6 Å². The molecule has 138 valence electrons. The number of nitrogens with zero attached hydrogens (tertiary/aromatic N) is 1. The average molecular weight is 351 g/mol. The Morgan fingerprint density at radius 3 is 2.46 bits per heavy atom. The van der Waals surface area contributed by atoms with Crippen molar-refractivity contribution in [1.29, 1.82) is 0 Å². The SMILES string of the molecule is CN(C)c1ccc(CCNC(=O)c2ccc([C@H]3CCCNC3)cc2)cc1. The van der Waals surface area contributed by atoms with Crippen molar-refractivity contribution in [2.75, 3.05) is 38.6 Å². The predicted octanol–water partition coefficient (Wildman–Crippen LogP) is 3.19. The largest absolute Gasteiger partial charge is 0.378 e. The van der Waals surface area contributed by atoms with E-state index in [4.69, 9.17) is 0 Å². The van der Waals surface area contributed by atoms with Gasteiger partial charge in [0.15, 0.2) is 0 Å². The van der Waals surface area contributed by atoms with Gasteiger partial charge in [0.1, 0.15) is 0 Å². The van der Waals surface area contributed by atoms with Gasteiger partial charge in [-0.1, -0.05) is 24.3 Å². The molecule has 0 unspecified atom stereocenters. The van der Waals surface area contributed by atoms with Crippen molar-refractivity contribution in [3.63, 3.8) is 0 Å². The molecule has 1 amide bonds. The van der Waals surface area contributed by atoms with Crippen LogP contribution < -0.4 is 15.5 Å². The summed E-state index contributed by atoms with van der Waals surface area (Å²) in [6, 6.07) is 16.6. The molecular formula is C22H29N3O. The number of hydrogen-bond donors (Lipinski definition) is 2. The molecule has 2 N–H and O–H groups in total. The van der Waals surface area contributed by atoms with Crippen LogP contribution >= 0.6 is 0 Å². The number of rotatable bonds is 6. The van der Waals surface area contributed by atoms with Gasteiger partial charge < -0.3 is 15.5 Å². The van der Waals surface area contributed by atoms with Crippen molar-refractivity contribution in [3.05, 3.63) is 65.2 Å². The lowest BCUT2D eigenvalue weighted by Gasteiger charge is -2.23. The summed E-state index contributed by atoms with van der Waals surface area (Å²) in [6.07, 6.45) is 3.29. The van der Waals surface area contributed by atoms with Gasteiger partial charge in [0, 0.05) is 38.4 Å². The third-order valence-electron chi connectivity index (χ3n) is 5.09. The van der Waals surface area contributed by atoms with Gasteiger partial charge in [-0.2, -0.15) is 0 Å². The summed E-state index contributed by atoms with van der Waals surface area (Å²) >= 11 is 0. The van der Waals surface area contributed by atoms with Gasteiger partial charge in [-0.05, 0) is 67.1 Å². The van der Waals surface area contributed by atoms with E-state index in [0.717, 1.165) is 25.1 Å². The number of nitrogens with one attached hydrogen (secondary N) is 2. The first-order valence-corrected chi connectivity index (χ1v) is 9.48. The van der Waals surface area contributed by atoms with E-state index in [9.17, 15) is 4.79 Å². The van der Waals surface area contributed by atoms with E-state index in [0.29, 0.717) is 12.5 Å². The quantitative estimate of drug-likeness (QED) is 0.840. The van der Waals surface area contributed by atoms with Crippen LogP contribution in [-0.2, 0) is 6.42 Å². The molecule has 1 fully saturated rings. The van der Waals surface area contributed by atoms with Crippen molar-refractivity contribution in [2.24, 2.45) is 0 Å². The number of hydrogen-bond acceptors (Lipinski definition) is 3. The van der Waals surface area contributed by atoms with Crippen LogP contribution in [0.5, 0.6) is 0 Å². The van der Waals surface area contributed by atoms with Gasteiger partial charge in [0.2, 0.25) is 0 Å². The Morgan fingerprint density at radius 1 is 1.12 bits per heavy atom. The van der Waals surface area contributed by atoms with Crippen LogP contribution in [0.25, 0.3) is 0 Å². The normalized spacial score (nSPS) is 16.9. The molecule has 4 nitrogen and oxygen atoms in total. The summed E-state index contributed by atoms with van der Waals surface area (Å²) in [4.78, 5) is 14.4. The Morgan fingerprint density at radius 2 is 1.85 bits per heavy atom. The summed E-state index contributed by atoms with van der Waals surface area (Å²) in [6.45, 7) is 2.81. The second kappa shape index (κ2) is 8.86. The zero-order valence-corrected chi connectivity index (χ0v) is 15.8. The second-order valence-corrected chi connectivity index (χ2v) is 7.23. The minimum atomic E-state index is 0.00299. The Labute approximate surface area is 156 Å². The smallest absolute Gasteiger partial charge is 0.251 e. The molecule has 1 atom stereocenters. The van der Waals surface area contributed by atoms with Gasteiger partial charge in [-0.15, -0.1) is 0 Å². The highest BCUT2D eigenvalue weighted by atomic mass is 16.1. The van der Waals surface area contributed by atoms with E-state index in [-0.39, 0.29) is 5.91 Å². The van der Waals surface area contributed by atoms with Crippen LogP contribution in [0.2, 0.25) is 0 Å². The van der Waals surface area contributed by atoms with E-state index >= 15 is 0 Å². The summed E-state index contributed by atoms with van der Waals surface area (Å²) in [5.74, 6) is 0.578. The number of benzene rings is 2. The maximum absolute atomic E-state index is 12.3. The summed E-state index contributed by atoms with van der Waals surface area (Å²) in [5.41, 5.74) is 4.48. The Balaban J connectivity index is 1.48. The zero-order chi connectivity index (χ0) is 18.4. The molecule has 0 spiro atoms. The number of carbonyl (C=O) groups excluding carboxylic acids is 1. The molecule has 1 aliphatic heterocycles. The molecule has 3 rings (SSSR count). The van der Waals surface area contributed by atoms with Crippen molar-refractivity contribution < 1.29 is 4.79 Å². The summed E-state index contributed by atoms with van der Waals surface area (Å²) in [7, 11) is 4.07. The van der Waals surface area contributed by atoms with Crippen LogP contribution in [0.1, 0.15) is 40.2 Å². The number of piperidine rings is 1. The van der Waals surface area contributed by atoms with Crippen LogP contribution in [0.3, 0.4) is 0 Å². The summed E-state index contributed by atoms with van der Waals surface area (Å²) < 4.78 is 0. The molecule has 0 bridgehead atoms. The van der Waals surface area contributed by atoms with Crippen molar-refractivity contribution >= 4 is 11.6 Å². The highest BCUT2D eigenvalue weighted by Crippen LogP contribution is 2.23. The Hall–Kier alpha value is -2.33. The zero-order valence-electron chi connectivity index (χ0n) is 15.8. The van der Waals surface area contributed by atoms with Crippen LogP contribution in [0.4, 0.5) is 5.69 Å². The minimum Gasteiger partial charge on any atom is -0.378 e. The second-order valence-electron chi connectivity index (χ2n) is 7.23. The van der Waals surface area contributed by atoms with Gasteiger partial charge in [-0.3, -0.25) is 4.79 Å². The monoisotopic (exact) mass is 351 g/mol. The minimum absolute atomic E-state index is 0.00299. The molecule has 2 aromatic carbocycles. The molecule has 2 aromatic rings. The van der Waals surface area contributed by atoms with Crippen LogP contribution in [-0.4, -0.2) is 39.6 Å². The molecule has 1 saturated heterocycles. The molecule has 4 heteroatoms. The lowest BCUT2D eigenvalue weighted by atomic mass is 9.91. The third-order valence-corrected chi connectivity index (χ3v) is 5.09. The van der Waals surface area contributed by atoms with E-state index < -0.39 is 0 Å². The topological polar surface area (TPSA) is 44.4 Å². The maximum Gasteiger partial charge on any atom is 0.251 e. The lowest BCUT2D eigenvalue weighted by molar-refractivity contribution is 0.0954. The van der Waals surface area contributed by atoms with Gasteiger partial charge >= 0.3 is 0 Å². The number of carbonyl (C=O) groups is 1. The standard InChI is InChI=1S/C22H29N3O/c1-25(2)21-11-5-17(6-12-21)13-15-24-22(26)19-9-7-18(8-10-19)20-4-3-14-23-16-20/h5-12,20,23H,3-4,13-16H2,1-2H3,(H,24,26)/t20-/m0/s1. The highest BCUT2D eigenvalue weighted by molar-refractivity contribution is 5.94. The van der Waals surface area contributed by atoms with E-state index in [1.807, 2.05) is 26.2 Å². The summed E-state index contributed by atoms with van der Waals surface area (Å²) in [5, 5.41) is 6.46. The fourth-order valence-electron chi connectivity index (χ4n) is 3.43. The number of anilines is 1. The molecule has 0 aromatic heterocycles. The van der Waals surface area contributed by atoms with Crippen molar-refractivity contribution in [2.45, 2.75) is 25.2 Å². The van der Waals surface area contributed by atoms with Gasteiger partial charge in [0.05, 0.1) is 0 Å². The first-order valence-electron chi connectivity index (χ1n) is 9.48.